The molecule has 34 heavy (non-hydrogen) atoms. The molecule has 9 nitrogen and oxygen atoms in total. The van der Waals surface area contributed by atoms with Crippen molar-refractivity contribution < 1.29 is 14.5 Å². The van der Waals surface area contributed by atoms with E-state index >= 15 is 0 Å². The summed E-state index contributed by atoms with van der Waals surface area (Å²) in [5.41, 5.74) is 2.17. The van der Waals surface area contributed by atoms with Crippen molar-refractivity contribution >= 4 is 23.2 Å². The summed E-state index contributed by atoms with van der Waals surface area (Å²) in [6, 6.07) is 19.9. The van der Waals surface area contributed by atoms with Crippen molar-refractivity contribution in [2.24, 2.45) is 0 Å². The number of carbonyl (C=O) groups excluding carboxylic acids is 2. The number of amides is 2. The first kappa shape index (κ1) is 22.4. The SMILES string of the molecule is CC(NC(=O)c1ccc(-n2ccnc2)c([N+](=O)[O-])c1)c1cccc(NC(=O)c2ccccc2)c1. The summed E-state index contributed by atoms with van der Waals surface area (Å²) in [4.78, 5) is 40.2. The third kappa shape index (κ3) is 4.99. The summed E-state index contributed by atoms with van der Waals surface area (Å²) in [5, 5.41) is 17.3. The lowest BCUT2D eigenvalue weighted by Gasteiger charge is -2.16. The molecule has 1 aromatic heterocycles. The molecule has 0 fully saturated rings. The van der Waals surface area contributed by atoms with Gasteiger partial charge in [-0.2, -0.15) is 0 Å². The number of hydrogen-bond acceptors (Lipinski definition) is 5. The maximum absolute atomic E-state index is 12.8. The highest BCUT2D eigenvalue weighted by Gasteiger charge is 2.20. The van der Waals surface area contributed by atoms with E-state index in [1.165, 1.54) is 35.3 Å². The lowest BCUT2D eigenvalue weighted by molar-refractivity contribution is -0.384. The second-order valence-corrected chi connectivity index (χ2v) is 7.57. The van der Waals surface area contributed by atoms with Crippen LogP contribution in [0.25, 0.3) is 5.69 Å². The van der Waals surface area contributed by atoms with E-state index in [2.05, 4.69) is 15.6 Å². The monoisotopic (exact) mass is 455 g/mol. The van der Waals surface area contributed by atoms with Gasteiger partial charge in [0.05, 0.1) is 17.3 Å². The second kappa shape index (κ2) is 9.78. The number of anilines is 1. The highest BCUT2D eigenvalue weighted by Crippen LogP contribution is 2.25. The molecule has 4 aromatic rings. The lowest BCUT2D eigenvalue weighted by atomic mass is 10.1. The molecule has 2 N–H and O–H groups in total. The summed E-state index contributed by atoms with van der Waals surface area (Å²) >= 11 is 0. The number of imidazole rings is 1. The molecule has 0 aliphatic carbocycles. The van der Waals surface area contributed by atoms with E-state index in [4.69, 9.17) is 0 Å². The van der Waals surface area contributed by atoms with Gasteiger partial charge in [0.2, 0.25) is 0 Å². The van der Waals surface area contributed by atoms with Crippen molar-refractivity contribution in [1.82, 2.24) is 14.9 Å². The quantitative estimate of drug-likeness (QED) is 0.314. The van der Waals surface area contributed by atoms with Gasteiger partial charge in [-0.05, 0) is 48.9 Å². The zero-order valence-electron chi connectivity index (χ0n) is 18.2. The van der Waals surface area contributed by atoms with E-state index in [0.29, 0.717) is 16.9 Å². The molecule has 170 valence electrons. The summed E-state index contributed by atoms with van der Waals surface area (Å²) < 4.78 is 1.51. The molecule has 0 aliphatic rings. The number of aromatic nitrogens is 2. The Labute approximate surface area is 195 Å². The lowest BCUT2D eigenvalue weighted by Crippen LogP contribution is -2.27. The van der Waals surface area contributed by atoms with Crippen molar-refractivity contribution in [3.8, 4) is 5.69 Å². The third-order valence-corrected chi connectivity index (χ3v) is 5.24. The topological polar surface area (TPSA) is 119 Å². The number of nitro groups is 1. The van der Waals surface area contributed by atoms with E-state index < -0.39 is 16.9 Å². The number of benzene rings is 3. The number of hydrogen-bond donors (Lipinski definition) is 2. The first-order valence-electron chi connectivity index (χ1n) is 10.5. The molecule has 1 atom stereocenters. The van der Waals surface area contributed by atoms with Gasteiger partial charge in [-0.1, -0.05) is 30.3 Å². The average molecular weight is 455 g/mol. The van der Waals surface area contributed by atoms with E-state index in [1.807, 2.05) is 12.1 Å². The number of nitrogens with zero attached hydrogens (tertiary/aromatic N) is 3. The minimum Gasteiger partial charge on any atom is -0.346 e. The first-order valence-corrected chi connectivity index (χ1v) is 10.5. The van der Waals surface area contributed by atoms with Gasteiger partial charge in [0.1, 0.15) is 5.69 Å². The van der Waals surface area contributed by atoms with Crippen LogP contribution in [0.3, 0.4) is 0 Å². The van der Waals surface area contributed by atoms with Gasteiger partial charge in [0.15, 0.2) is 0 Å². The summed E-state index contributed by atoms with van der Waals surface area (Å²) in [7, 11) is 0. The van der Waals surface area contributed by atoms with Crippen LogP contribution in [0.4, 0.5) is 11.4 Å². The van der Waals surface area contributed by atoms with Gasteiger partial charge in [0.25, 0.3) is 17.5 Å². The van der Waals surface area contributed by atoms with Crippen LogP contribution >= 0.6 is 0 Å². The van der Waals surface area contributed by atoms with Crippen molar-refractivity contribution in [3.05, 3.63) is 118 Å². The fourth-order valence-corrected chi connectivity index (χ4v) is 3.47. The van der Waals surface area contributed by atoms with Gasteiger partial charge in [-0.25, -0.2) is 4.98 Å². The van der Waals surface area contributed by atoms with Crippen molar-refractivity contribution in [2.45, 2.75) is 13.0 Å². The molecule has 0 bridgehead atoms. The highest BCUT2D eigenvalue weighted by molar-refractivity contribution is 6.04. The smallest absolute Gasteiger partial charge is 0.294 e. The Balaban J connectivity index is 1.48. The molecule has 0 spiro atoms. The van der Waals surface area contributed by atoms with Crippen molar-refractivity contribution in [1.29, 1.82) is 0 Å². The maximum atomic E-state index is 12.8. The molecule has 1 unspecified atom stereocenters. The Morgan fingerprint density at radius 2 is 1.76 bits per heavy atom. The Kier molecular flexibility index (Phi) is 6.45. The zero-order valence-corrected chi connectivity index (χ0v) is 18.2. The van der Waals surface area contributed by atoms with Crippen LogP contribution in [-0.2, 0) is 0 Å². The first-order chi connectivity index (χ1) is 16.4. The predicted octanol–water partition coefficient (Wildman–Crippen LogP) is 4.52. The molecule has 3 aromatic carbocycles. The molecule has 4 rings (SSSR count). The second-order valence-electron chi connectivity index (χ2n) is 7.57. The fourth-order valence-electron chi connectivity index (χ4n) is 3.47. The van der Waals surface area contributed by atoms with Crippen LogP contribution in [0.2, 0.25) is 0 Å². The van der Waals surface area contributed by atoms with Crippen molar-refractivity contribution in [2.75, 3.05) is 5.32 Å². The zero-order chi connectivity index (χ0) is 24.1. The molecule has 1 heterocycles. The van der Waals surface area contributed by atoms with E-state index in [-0.39, 0.29) is 17.2 Å². The predicted molar refractivity (Wildman–Crippen MR) is 127 cm³/mol. The molecular formula is C25H21N5O4. The summed E-state index contributed by atoms with van der Waals surface area (Å²) in [6.07, 6.45) is 4.56. The summed E-state index contributed by atoms with van der Waals surface area (Å²) in [6.45, 7) is 1.80. The average Bonchev–Trinajstić information content (AvgIpc) is 3.39. The third-order valence-electron chi connectivity index (χ3n) is 5.24. The van der Waals surface area contributed by atoms with Crippen LogP contribution in [0.5, 0.6) is 0 Å². The van der Waals surface area contributed by atoms with Gasteiger partial charge in [0, 0.05) is 35.3 Å². The van der Waals surface area contributed by atoms with Gasteiger partial charge < -0.3 is 15.2 Å². The number of nitrogens with one attached hydrogen (secondary N) is 2. The highest BCUT2D eigenvalue weighted by atomic mass is 16.6. The van der Waals surface area contributed by atoms with Crippen LogP contribution in [0.1, 0.15) is 39.2 Å². The molecule has 0 aliphatic heterocycles. The van der Waals surface area contributed by atoms with Crippen LogP contribution in [-0.4, -0.2) is 26.3 Å². The fraction of sp³-hybridized carbons (Fsp3) is 0.0800. The van der Waals surface area contributed by atoms with Gasteiger partial charge >= 0.3 is 0 Å². The van der Waals surface area contributed by atoms with Gasteiger partial charge in [-0.3, -0.25) is 19.7 Å². The molecule has 0 saturated carbocycles. The van der Waals surface area contributed by atoms with Crippen LogP contribution in [0, 0.1) is 10.1 Å². The molecular weight excluding hydrogens is 434 g/mol. The Morgan fingerprint density at radius 3 is 2.47 bits per heavy atom. The van der Waals surface area contributed by atoms with E-state index in [0.717, 1.165) is 5.56 Å². The number of rotatable bonds is 7. The van der Waals surface area contributed by atoms with E-state index in [9.17, 15) is 19.7 Å². The van der Waals surface area contributed by atoms with Crippen LogP contribution in [0.15, 0.2) is 91.5 Å². The maximum Gasteiger partial charge on any atom is 0.294 e. The minimum absolute atomic E-state index is 0.163. The normalized spacial score (nSPS) is 11.4. The van der Waals surface area contributed by atoms with Gasteiger partial charge in [-0.15, -0.1) is 0 Å². The summed E-state index contributed by atoms with van der Waals surface area (Å²) in [5.74, 6) is -0.689. The Hall–Kier alpha value is -4.79. The Bertz CT molecular complexity index is 1340. The molecule has 2 amide bonds. The Morgan fingerprint density at radius 1 is 0.971 bits per heavy atom. The standard InChI is InChI=1S/C25H21N5O4/c1-17(19-8-5-9-21(14-19)28-24(31)18-6-3-2-4-7-18)27-25(32)20-10-11-22(23(15-20)30(33)34)29-13-12-26-16-29/h2-17H,1H3,(H,27,32)(H,28,31). The van der Waals surface area contributed by atoms with Crippen molar-refractivity contribution in [3.63, 3.8) is 0 Å². The number of carbonyl (C=O) groups is 2. The van der Waals surface area contributed by atoms with E-state index in [1.54, 1.807) is 55.6 Å². The largest absolute Gasteiger partial charge is 0.346 e. The molecule has 0 radical (unpaired) electrons. The van der Waals surface area contributed by atoms with Crippen LogP contribution < -0.4 is 10.6 Å². The molecule has 0 saturated heterocycles. The molecule has 9 heteroatoms. The minimum atomic E-state index is -0.533. The number of nitro benzene ring substituents is 1.